The van der Waals surface area contributed by atoms with Crippen LogP contribution in [0.15, 0.2) is 42.2 Å². The number of alkyl halides is 2. The van der Waals surface area contributed by atoms with Gasteiger partial charge in [0.15, 0.2) is 0 Å². The predicted octanol–water partition coefficient (Wildman–Crippen LogP) is 16.5. The normalized spacial score (nSPS) is 12.7. The lowest BCUT2D eigenvalue weighted by atomic mass is 10.0. The highest BCUT2D eigenvalue weighted by molar-refractivity contribution is 9.11. The van der Waals surface area contributed by atoms with Crippen LogP contribution in [0.2, 0.25) is 0 Å². The lowest BCUT2D eigenvalue weighted by molar-refractivity contribution is 0.0335. The summed E-state index contributed by atoms with van der Waals surface area (Å²) in [6, 6.07) is 8.52. The molecule has 2 rings (SSSR count). The third kappa shape index (κ3) is 23.7. The molecule has 304 valence electrons. The third-order valence-electron chi connectivity index (χ3n) is 9.31. The fourth-order valence-corrected chi connectivity index (χ4v) is 9.93. The second kappa shape index (κ2) is 32.8. The maximum Gasteiger partial charge on any atom is 0.147 e. The van der Waals surface area contributed by atoms with E-state index in [0.717, 1.165) is 72.8 Å². The van der Waals surface area contributed by atoms with E-state index in [1.165, 1.54) is 121 Å². The van der Waals surface area contributed by atoms with Crippen molar-refractivity contribution in [3.05, 3.63) is 53.3 Å². The van der Waals surface area contributed by atoms with Gasteiger partial charge in [-0.1, -0.05) is 161 Å². The standard InChI is InChI=1S/C43H66Br6O4/c1-3-5-7-9-11-13-15-17-19-21-23-50-31-36(45)32-52-42-38(46)26-34(27-39(42)47)25-35-28-40(48)43(41(49)29-35)53-33-37(30-44)51-24-22-20-18-16-14-12-10-8-6-4-2/h26-29,36-37H,3-25,30-33H2,1-2H3. The van der Waals surface area contributed by atoms with E-state index in [-0.39, 0.29) is 10.9 Å². The van der Waals surface area contributed by atoms with Gasteiger partial charge in [0.25, 0.3) is 0 Å². The summed E-state index contributed by atoms with van der Waals surface area (Å²) in [6.07, 6.45) is 27.3. The molecule has 0 aliphatic heterocycles. The number of halogens is 6. The van der Waals surface area contributed by atoms with E-state index in [2.05, 4.69) is 134 Å². The zero-order chi connectivity index (χ0) is 38.5. The zero-order valence-electron chi connectivity index (χ0n) is 32.5. The van der Waals surface area contributed by atoms with Gasteiger partial charge in [-0.05, 0) is 118 Å². The molecule has 2 atom stereocenters. The van der Waals surface area contributed by atoms with E-state index >= 15 is 0 Å². The minimum absolute atomic E-state index is 0.00389. The maximum absolute atomic E-state index is 6.25. The van der Waals surface area contributed by atoms with Crippen molar-refractivity contribution in [2.75, 3.05) is 38.4 Å². The molecule has 0 amide bonds. The van der Waals surface area contributed by atoms with Crippen LogP contribution in [0.1, 0.15) is 153 Å². The summed E-state index contributed by atoms with van der Waals surface area (Å²) in [7, 11) is 0. The zero-order valence-corrected chi connectivity index (χ0v) is 42.0. The van der Waals surface area contributed by atoms with E-state index in [1.54, 1.807) is 0 Å². The van der Waals surface area contributed by atoms with Gasteiger partial charge < -0.3 is 18.9 Å². The first-order valence-corrected chi connectivity index (χ1v) is 25.6. The quantitative estimate of drug-likeness (QED) is 0.0517. The molecule has 2 aromatic rings. The van der Waals surface area contributed by atoms with E-state index in [4.69, 9.17) is 18.9 Å². The van der Waals surface area contributed by atoms with Crippen molar-refractivity contribution in [2.45, 2.75) is 160 Å². The van der Waals surface area contributed by atoms with Crippen molar-refractivity contribution in [1.82, 2.24) is 0 Å². The lowest BCUT2D eigenvalue weighted by Gasteiger charge is -2.18. The van der Waals surface area contributed by atoms with Crippen LogP contribution in [0, 0.1) is 0 Å². The first kappa shape index (κ1) is 50.0. The van der Waals surface area contributed by atoms with E-state index in [9.17, 15) is 0 Å². The molecule has 0 spiro atoms. The second-order valence-electron chi connectivity index (χ2n) is 14.3. The first-order valence-electron chi connectivity index (χ1n) is 20.4. The highest BCUT2D eigenvalue weighted by atomic mass is 79.9. The van der Waals surface area contributed by atoms with Gasteiger partial charge in [0, 0.05) is 18.5 Å². The van der Waals surface area contributed by atoms with Gasteiger partial charge in [-0.15, -0.1) is 0 Å². The molecule has 0 bridgehead atoms. The van der Waals surface area contributed by atoms with E-state index < -0.39 is 0 Å². The molecule has 0 N–H and O–H groups in total. The Hall–Kier alpha value is 0.840. The van der Waals surface area contributed by atoms with E-state index in [1.807, 2.05) is 0 Å². The molecule has 0 aliphatic carbocycles. The van der Waals surface area contributed by atoms with Crippen LogP contribution in [0.3, 0.4) is 0 Å². The molecule has 2 aromatic carbocycles. The van der Waals surface area contributed by atoms with E-state index in [0.29, 0.717) is 19.8 Å². The number of unbranched alkanes of at least 4 members (excludes halogenated alkanes) is 18. The molecule has 0 heterocycles. The molecule has 0 saturated heterocycles. The molecule has 0 aromatic heterocycles. The van der Waals surface area contributed by atoms with Crippen molar-refractivity contribution in [1.29, 1.82) is 0 Å². The average Bonchev–Trinajstić information content (AvgIpc) is 3.12. The number of hydrogen-bond donors (Lipinski definition) is 0. The molecule has 10 heteroatoms. The van der Waals surface area contributed by atoms with Gasteiger partial charge in [0.05, 0.1) is 29.3 Å². The minimum Gasteiger partial charge on any atom is -0.490 e. The largest absolute Gasteiger partial charge is 0.490 e. The Kier molecular flexibility index (Phi) is 30.9. The summed E-state index contributed by atoms with van der Waals surface area (Å²) in [5.74, 6) is 1.60. The van der Waals surface area contributed by atoms with Crippen molar-refractivity contribution >= 4 is 95.6 Å². The fourth-order valence-electron chi connectivity index (χ4n) is 6.22. The predicted molar refractivity (Wildman–Crippen MR) is 248 cm³/mol. The smallest absolute Gasteiger partial charge is 0.147 e. The topological polar surface area (TPSA) is 36.9 Å². The van der Waals surface area contributed by atoms with Crippen molar-refractivity contribution < 1.29 is 18.9 Å². The Morgan fingerprint density at radius 2 is 0.868 bits per heavy atom. The Labute approximate surface area is 373 Å². The summed E-state index contributed by atoms with van der Waals surface area (Å²) >= 11 is 22.4. The van der Waals surface area contributed by atoms with Crippen LogP contribution in [-0.2, 0) is 15.9 Å². The number of ether oxygens (including phenoxy) is 4. The van der Waals surface area contributed by atoms with Crippen molar-refractivity contribution in [2.24, 2.45) is 0 Å². The molecule has 0 saturated carbocycles. The summed E-state index contributed by atoms with van der Waals surface area (Å²) in [4.78, 5) is 0.125. The van der Waals surface area contributed by atoms with Gasteiger partial charge >= 0.3 is 0 Å². The summed E-state index contributed by atoms with van der Waals surface area (Å²) in [5.41, 5.74) is 2.33. The maximum atomic E-state index is 6.25. The van der Waals surface area contributed by atoms with Crippen LogP contribution in [0.5, 0.6) is 11.5 Å². The summed E-state index contributed by atoms with van der Waals surface area (Å²) < 4.78 is 28.2. The van der Waals surface area contributed by atoms with Gasteiger partial charge in [0.1, 0.15) is 30.8 Å². The molecule has 0 radical (unpaired) electrons. The number of rotatable bonds is 34. The lowest BCUT2D eigenvalue weighted by Crippen LogP contribution is -2.24. The van der Waals surface area contributed by atoms with Gasteiger partial charge in [0.2, 0.25) is 0 Å². The molecule has 0 aliphatic rings. The Morgan fingerprint density at radius 3 is 1.28 bits per heavy atom. The minimum atomic E-state index is 0.00389. The second-order valence-corrected chi connectivity index (χ2v) is 19.6. The van der Waals surface area contributed by atoms with Crippen molar-refractivity contribution in [3.63, 3.8) is 0 Å². The summed E-state index contributed by atoms with van der Waals surface area (Å²) in [6.45, 7) is 7.78. The molecule has 2 unspecified atom stereocenters. The highest BCUT2D eigenvalue weighted by Gasteiger charge is 2.16. The van der Waals surface area contributed by atoms with Crippen molar-refractivity contribution in [3.8, 4) is 11.5 Å². The Balaban J connectivity index is 1.69. The van der Waals surface area contributed by atoms with Gasteiger partial charge in [-0.2, -0.15) is 0 Å². The van der Waals surface area contributed by atoms with Gasteiger partial charge in [-0.3, -0.25) is 0 Å². The molecule has 0 fully saturated rings. The highest BCUT2D eigenvalue weighted by Crippen LogP contribution is 2.38. The van der Waals surface area contributed by atoms with Crippen LogP contribution in [-0.4, -0.2) is 49.3 Å². The summed E-state index contributed by atoms with van der Waals surface area (Å²) in [5, 5.41) is 0.741. The average molecular weight is 1130 g/mol. The molecule has 53 heavy (non-hydrogen) atoms. The van der Waals surface area contributed by atoms with Gasteiger partial charge in [-0.25, -0.2) is 0 Å². The van der Waals surface area contributed by atoms with Crippen LogP contribution < -0.4 is 9.47 Å². The number of hydrogen-bond acceptors (Lipinski definition) is 4. The monoisotopic (exact) mass is 1120 g/mol. The fraction of sp³-hybridized carbons (Fsp3) is 0.721. The molecule has 4 nitrogen and oxygen atoms in total. The number of benzene rings is 2. The SMILES string of the molecule is CCCCCCCCCCCCOCC(Br)COc1c(Br)cc(Cc2cc(Br)c(OCC(CBr)OCCCCCCCCCCCC)c(Br)c2)cc1Br. The first-order chi connectivity index (χ1) is 25.8. The third-order valence-corrected chi connectivity index (χ3v) is 12.9. The molecular weight excluding hydrogens is 1060 g/mol. The Morgan fingerprint density at radius 1 is 0.491 bits per heavy atom. The Bertz CT molecular complexity index is 1170. The van der Waals surface area contributed by atoms with Crippen LogP contribution in [0.4, 0.5) is 0 Å². The van der Waals surface area contributed by atoms with Crippen LogP contribution >= 0.6 is 95.6 Å². The van der Waals surface area contributed by atoms with Crippen LogP contribution in [0.25, 0.3) is 0 Å². The molecular formula is C43H66Br6O4.